The van der Waals surface area contributed by atoms with Gasteiger partial charge in [0.25, 0.3) is 5.91 Å². The maximum atomic E-state index is 12.3. The first-order valence-corrected chi connectivity index (χ1v) is 10.4. The van der Waals surface area contributed by atoms with Crippen molar-refractivity contribution in [2.45, 2.75) is 57.2 Å². The van der Waals surface area contributed by atoms with Crippen molar-refractivity contribution in [3.8, 4) is 0 Å². The van der Waals surface area contributed by atoms with E-state index in [1.807, 2.05) is 0 Å². The van der Waals surface area contributed by atoms with E-state index in [9.17, 15) is 9.59 Å². The fourth-order valence-electron chi connectivity index (χ4n) is 3.81. The smallest absolute Gasteiger partial charge is 0.253 e. The fraction of sp³-hybridized carbons (Fsp3) is 0.619. The number of nitrogens with one attached hydrogen (secondary N) is 2. The Labute approximate surface area is 167 Å². The van der Waals surface area contributed by atoms with Crippen LogP contribution in [-0.4, -0.2) is 55.1 Å². The quantitative estimate of drug-likeness (QED) is 0.695. The van der Waals surface area contributed by atoms with Crippen LogP contribution in [-0.2, 0) is 14.3 Å². The first-order chi connectivity index (χ1) is 13.6. The van der Waals surface area contributed by atoms with Crippen molar-refractivity contribution in [1.82, 2.24) is 4.90 Å². The lowest BCUT2D eigenvalue weighted by atomic mass is 10.1. The maximum Gasteiger partial charge on any atom is 0.253 e. The number of benzene rings is 1. The minimum Gasteiger partial charge on any atom is -0.364 e. The molecule has 2 saturated heterocycles. The van der Waals surface area contributed by atoms with E-state index < -0.39 is 6.10 Å². The van der Waals surface area contributed by atoms with Gasteiger partial charge in [-0.1, -0.05) is 19.3 Å². The first kappa shape index (κ1) is 20.8. The van der Waals surface area contributed by atoms with Gasteiger partial charge in [-0.3, -0.25) is 14.5 Å². The highest BCUT2D eigenvalue weighted by atomic mass is 16.5. The van der Waals surface area contributed by atoms with Gasteiger partial charge in [0.15, 0.2) is 0 Å². The van der Waals surface area contributed by atoms with Gasteiger partial charge in [-0.2, -0.15) is 0 Å². The highest BCUT2D eigenvalue weighted by Gasteiger charge is 2.29. The second-order valence-electron chi connectivity index (χ2n) is 7.72. The van der Waals surface area contributed by atoms with Crippen molar-refractivity contribution in [1.29, 1.82) is 0 Å². The molecule has 1 aromatic carbocycles. The Morgan fingerprint density at radius 1 is 0.964 bits per heavy atom. The number of hydrogen-bond acceptors (Lipinski definition) is 5. The zero-order valence-corrected chi connectivity index (χ0v) is 16.5. The molecule has 1 aromatic rings. The number of likely N-dealkylation sites (tertiary alicyclic amines) is 1. The number of carbonyl (C=O) groups is 2. The molecule has 4 N–H and O–H groups in total. The van der Waals surface area contributed by atoms with Crippen molar-refractivity contribution in [3.05, 3.63) is 24.3 Å². The van der Waals surface area contributed by atoms with Gasteiger partial charge in [0.1, 0.15) is 6.10 Å². The zero-order valence-electron chi connectivity index (χ0n) is 16.5. The molecule has 0 unspecified atom stereocenters. The third kappa shape index (κ3) is 6.29. The van der Waals surface area contributed by atoms with Crippen LogP contribution in [0.3, 0.4) is 0 Å². The van der Waals surface area contributed by atoms with E-state index >= 15 is 0 Å². The predicted molar refractivity (Wildman–Crippen MR) is 110 cm³/mol. The molecule has 0 aromatic heterocycles. The highest BCUT2D eigenvalue weighted by Crippen LogP contribution is 2.21. The van der Waals surface area contributed by atoms with Gasteiger partial charge in [0, 0.05) is 17.9 Å². The van der Waals surface area contributed by atoms with E-state index in [-0.39, 0.29) is 17.9 Å². The summed E-state index contributed by atoms with van der Waals surface area (Å²) in [6.45, 7) is 2.86. The molecule has 2 atom stereocenters. The second-order valence-corrected chi connectivity index (χ2v) is 7.72. The number of amides is 2. The summed E-state index contributed by atoms with van der Waals surface area (Å²) in [5.41, 5.74) is 7.00. The van der Waals surface area contributed by atoms with Crippen LogP contribution in [0.1, 0.15) is 44.9 Å². The van der Waals surface area contributed by atoms with Crippen molar-refractivity contribution in [3.63, 3.8) is 0 Å². The monoisotopic (exact) mass is 388 g/mol. The molecule has 0 bridgehead atoms. The molecule has 7 heteroatoms. The summed E-state index contributed by atoms with van der Waals surface area (Å²) < 4.78 is 5.61. The summed E-state index contributed by atoms with van der Waals surface area (Å²) in [4.78, 5) is 26.8. The largest absolute Gasteiger partial charge is 0.364 e. The Balaban J connectivity index is 1.44. The molecule has 0 spiro atoms. The molecule has 0 saturated carbocycles. The predicted octanol–water partition coefficient (Wildman–Crippen LogP) is 2.34. The van der Waals surface area contributed by atoms with E-state index in [4.69, 9.17) is 10.5 Å². The molecule has 7 nitrogen and oxygen atoms in total. The lowest BCUT2D eigenvalue weighted by Crippen LogP contribution is -2.35. The molecular weight excluding hydrogens is 356 g/mol. The van der Waals surface area contributed by atoms with Gasteiger partial charge in [0.05, 0.1) is 12.6 Å². The van der Waals surface area contributed by atoms with Gasteiger partial charge >= 0.3 is 0 Å². The molecule has 2 aliphatic rings. The van der Waals surface area contributed by atoms with Crippen molar-refractivity contribution in [2.24, 2.45) is 5.73 Å². The normalized spacial score (nSPS) is 23.6. The van der Waals surface area contributed by atoms with E-state index in [1.54, 1.807) is 24.3 Å². The molecular formula is C21H32N4O3. The summed E-state index contributed by atoms with van der Waals surface area (Å²) in [6, 6.07) is 7.19. The van der Waals surface area contributed by atoms with Gasteiger partial charge in [-0.05, 0) is 63.0 Å². The van der Waals surface area contributed by atoms with E-state index in [1.165, 1.54) is 32.1 Å². The molecule has 2 heterocycles. The lowest BCUT2D eigenvalue weighted by Gasteiger charge is -2.23. The minimum atomic E-state index is -0.439. The minimum absolute atomic E-state index is 0.00420. The number of anilines is 2. The van der Waals surface area contributed by atoms with E-state index in [0.29, 0.717) is 25.2 Å². The highest BCUT2D eigenvalue weighted by molar-refractivity contribution is 5.95. The van der Waals surface area contributed by atoms with Gasteiger partial charge in [-0.15, -0.1) is 0 Å². The summed E-state index contributed by atoms with van der Waals surface area (Å²) in [7, 11) is 0. The Kier molecular flexibility index (Phi) is 7.82. The summed E-state index contributed by atoms with van der Waals surface area (Å²) in [6.07, 6.45) is 7.19. The van der Waals surface area contributed by atoms with E-state index in [0.717, 1.165) is 25.2 Å². The Hall–Kier alpha value is -1.96. The molecule has 154 valence electrons. The number of hydrogen-bond donors (Lipinski definition) is 3. The van der Waals surface area contributed by atoms with Crippen molar-refractivity contribution < 1.29 is 14.3 Å². The van der Waals surface area contributed by atoms with Gasteiger partial charge < -0.3 is 21.1 Å². The zero-order chi connectivity index (χ0) is 19.8. The van der Waals surface area contributed by atoms with Crippen LogP contribution in [0, 0.1) is 0 Å². The Morgan fingerprint density at radius 2 is 1.57 bits per heavy atom. The summed E-state index contributed by atoms with van der Waals surface area (Å²) >= 11 is 0. The van der Waals surface area contributed by atoms with Crippen LogP contribution >= 0.6 is 0 Å². The SMILES string of the molecule is NC[C@H]1CC[C@@H](C(=O)Nc2ccc(NC(=O)CN3CCCCCCC3)cc2)O1. The van der Waals surface area contributed by atoms with Crippen molar-refractivity contribution >= 4 is 23.2 Å². The third-order valence-electron chi connectivity index (χ3n) is 5.41. The molecule has 28 heavy (non-hydrogen) atoms. The number of nitrogens with two attached hydrogens (primary N) is 1. The van der Waals surface area contributed by atoms with Crippen LogP contribution in [0.2, 0.25) is 0 Å². The number of ether oxygens (including phenoxy) is 1. The van der Waals surface area contributed by atoms with Crippen molar-refractivity contribution in [2.75, 3.05) is 36.8 Å². The van der Waals surface area contributed by atoms with Crippen LogP contribution in [0.4, 0.5) is 11.4 Å². The number of rotatable bonds is 6. The fourth-order valence-corrected chi connectivity index (χ4v) is 3.81. The number of nitrogens with zero attached hydrogens (tertiary/aromatic N) is 1. The average Bonchev–Trinajstić information content (AvgIpc) is 3.15. The van der Waals surface area contributed by atoms with E-state index in [2.05, 4.69) is 15.5 Å². The van der Waals surface area contributed by atoms with Crippen LogP contribution in [0.15, 0.2) is 24.3 Å². The standard InChI is InChI=1S/C21H32N4O3/c22-14-18-10-11-19(28-18)21(27)24-17-8-6-16(7-9-17)23-20(26)15-25-12-4-2-1-3-5-13-25/h6-9,18-19H,1-5,10-15,22H2,(H,23,26)(H,24,27)/t18-,19+/m1/s1. The molecule has 0 aliphatic carbocycles. The average molecular weight is 389 g/mol. The third-order valence-corrected chi connectivity index (χ3v) is 5.41. The lowest BCUT2D eigenvalue weighted by molar-refractivity contribution is -0.126. The number of carbonyl (C=O) groups excluding carboxylic acids is 2. The Morgan fingerprint density at radius 3 is 2.18 bits per heavy atom. The van der Waals surface area contributed by atoms with Crippen LogP contribution in [0.5, 0.6) is 0 Å². The van der Waals surface area contributed by atoms with Crippen LogP contribution in [0.25, 0.3) is 0 Å². The maximum absolute atomic E-state index is 12.3. The summed E-state index contributed by atoms with van der Waals surface area (Å²) in [5, 5.41) is 5.80. The topological polar surface area (TPSA) is 96.7 Å². The van der Waals surface area contributed by atoms with Gasteiger partial charge in [0.2, 0.25) is 5.91 Å². The molecule has 0 radical (unpaired) electrons. The summed E-state index contributed by atoms with van der Waals surface area (Å²) in [5.74, 6) is -0.144. The second kappa shape index (κ2) is 10.5. The van der Waals surface area contributed by atoms with Gasteiger partial charge in [-0.25, -0.2) is 0 Å². The molecule has 2 aliphatic heterocycles. The molecule has 2 amide bonds. The van der Waals surface area contributed by atoms with Crippen LogP contribution < -0.4 is 16.4 Å². The molecule has 3 rings (SSSR count). The first-order valence-electron chi connectivity index (χ1n) is 10.4. The Bertz CT molecular complexity index is 642. The molecule has 2 fully saturated rings.